The summed E-state index contributed by atoms with van der Waals surface area (Å²) in [5.74, 6) is -0.209. The van der Waals surface area contributed by atoms with Crippen molar-refractivity contribution in [3.8, 4) is 0 Å². The van der Waals surface area contributed by atoms with E-state index in [2.05, 4.69) is 0 Å². The minimum atomic E-state index is -0.566. The van der Waals surface area contributed by atoms with E-state index in [4.69, 9.17) is 39.5 Å². The highest BCUT2D eigenvalue weighted by atomic mass is 35.5. The van der Waals surface area contributed by atoms with Crippen molar-refractivity contribution in [1.29, 1.82) is 0 Å². The molecule has 1 saturated heterocycles. The zero-order valence-corrected chi connectivity index (χ0v) is 18.7. The van der Waals surface area contributed by atoms with Crippen LogP contribution in [0.1, 0.15) is 34.9 Å². The first kappa shape index (κ1) is 22.1. The molecule has 0 spiro atoms. The van der Waals surface area contributed by atoms with E-state index in [0.717, 1.165) is 16.7 Å². The lowest BCUT2D eigenvalue weighted by Crippen LogP contribution is -2.48. The highest BCUT2D eigenvalue weighted by Gasteiger charge is 2.42. The molecule has 0 bridgehead atoms. The SMILES string of the molecule is O=C1CO[C@H](c2ccc(Cl)cc2)[C@H](c2ccc(Cl)cc2)N1[C@H](CO)c1ccc(Cl)cc1. The number of hydrogen-bond acceptors (Lipinski definition) is 3. The lowest BCUT2D eigenvalue weighted by Gasteiger charge is -2.45. The second kappa shape index (κ2) is 9.60. The molecule has 3 aromatic carbocycles. The van der Waals surface area contributed by atoms with Gasteiger partial charge in [-0.3, -0.25) is 4.79 Å². The number of rotatable bonds is 5. The van der Waals surface area contributed by atoms with Crippen molar-refractivity contribution >= 4 is 40.7 Å². The van der Waals surface area contributed by atoms with Crippen LogP contribution in [0.4, 0.5) is 0 Å². The minimum absolute atomic E-state index is 0.0958. The van der Waals surface area contributed by atoms with Crippen LogP contribution in [0.3, 0.4) is 0 Å². The van der Waals surface area contributed by atoms with Crippen LogP contribution in [-0.2, 0) is 9.53 Å². The molecule has 1 heterocycles. The number of nitrogens with zero attached hydrogens (tertiary/aromatic N) is 1. The van der Waals surface area contributed by atoms with Crippen molar-refractivity contribution < 1.29 is 14.6 Å². The standard InChI is InChI=1S/C24H20Cl3NO3/c25-18-7-1-15(2-8-18)21(13-29)28-22(30)14-31-24(17-5-11-20(27)12-6-17)23(28)16-3-9-19(26)10-4-16/h1-12,21,23-24,29H,13-14H2/t21-,23+,24-/m1/s1. The van der Waals surface area contributed by atoms with Gasteiger partial charge in [0.2, 0.25) is 5.91 Å². The molecule has 0 aliphatic carbocycles. The normalized spacial score (nSPS) is 20.0. The van der Waals surface area contributed by atoms with Crippen LogP contribution >= 0.6 is 34.8 Å². The van der Waals surface area contributed by atoms with Crippen LogP contribution in [0.5, 0.6) is 0 Å². The van der Waals surface area contributed by atoms with Gasteiger partial charge in [-0.25, -0.2) is 0 Å². The van der Waals surface area contributed by atoms with Gasteiger partial charge >= 0.3 is 0 Å². The fourth-order valence-corrected chi connectivity index (χ4v) is 4.34. The van der Waals surface area contributed by atoms with Crippen LogP contribution in [0, 0.1) is 0 Å². The summed E-state index contributed by atoms with van der Waals surface area (Å²) in [6.45, 7) is -0.341. The van der Waals surface area contributed by atoms with Gasteiger partial charge in [0.25, 0.3) is 0 Å². The molecule has 0 aromatic heterocycles. The molecule has 0 saturated carbocycles. The van der Waals surface area contributed by atoms with Crippen molar-refractivity contribution in [2.24, 2.45) is 0 Å². The van der Waals surface area contributed by atoms with Gasteiger partial charge in [-0.1, -0.05) is 71.2 Å². The van der Waals surface area contributed by atoms with Gasteiger partial charge in [-0.2, -0.15) is 0 Å². The maximum Gasteiger partial charge on any atom is 0.249 e. The second-order valence-corrected chi connectivity index (χ2v) is 8.64. The van der Waals surface area contributed by atoms with Crippen LogP contribution in [0.25, 0.3) is 0 Å². The molecule has 1 fully saturated rings. The summed E-state index contributed by atoms with van der Waals surface area (Å²) in [6.07, 6.45) is -0.447. The van der Waals surface area contributed by atoms with Gasteiger partial charge in [-0.05, 0) is 53.1 Å². The van der Waals surface area contributed by atoms with Gasteiger partial charge in [0.05, 0.1) is 18.7 Å². The van der Waals surface area contributed by atoms with Gasteiger partial charge in [0.15, 0.2) is 0 Å². The van der Waals surface area contributed by atoms with Crippen molar-refractivity contribution in [3.05, 3.63) is 105 Å². The Morgan fingerprint density at radius 2 is 1.32 bits per heavy atom. The molecule has 160 valence electrons. The highest BCUT2D eigenvalue weighted by molar-refractivity contribution is 6.31. The maximum absolute atomic E-state index is 13.1. The molecule has 1 amide bonds. The third kappa shape index (κ3) is 4.74. The van der Waals surface area contributed by atoms with Crippen molar-refractivity contribution in [1.82, 2.24) is 4.90 Å². The highest BCUT2D eigenvalue weighted by Crippen LogP contribution is 2.44. The first-order chi connectivity index (χ1) is 15.0. The Morgan fingerprint density at radius 1 is 0.839 bits per heavy atom. The smallest absolute Gasteiger partial charge is 0.249 e. The first-order valence-corrected chi connectivity index (χ1v) is 10.9. The number of amides is 1. The Morgan fingerprint density at radius 3 is 1.84 bits per heavy atom. The summed E-state index contributed by atoms with van der Waals surface area (Å²) >= 11 is 18.2. The van der Waals surface area contributed by atoms with E-state index in [-0.39, 0.29) is 19.1 Å². The third-order valence-electron chi connectivity index (χ3n) is 5.43. The van der Waals surface area contributed by atoms with Gasteiger partial charge in [0, 0.05) is 15.1 Å². The molecule has 3 atom stereocenters. The topological polar surface area (TPSA) is 49.8 Å². The third-order valence-corrected chi connectivity index (χ3v) is 6.19. The van der Waals surface area contributed by atoms with Gasteiger partial charge in [-0.15, -0.1) is 0 Å². The summed E-state index contributed by atoms with van der Waals surface area (Å²) in [5, 5.41) is 12.1. The Balaban J connectivity index is 1.82. The predicted molar refractivity (Wildman–Crippen MR) is 122 cm³/mol. The summed E-state index contributed by atoms with van der Waals surface area (Å²) in [7, 11) is 0. The molecule has 3 aromatic rings. The average molecular weight is 477 g/mol. The van der Waals surface area contributed by atoms with Crippen LogP contribution in [0.2, 0.25) is 15.1 Å². The van der Waals surface area contributed by atoms with E-state index in [9.17, 15) is 9.90 Å². The van der Waals surface area contributed by atoms with E-state index >= 15 is 0 Å². The summed E-state index contributed by atoms with van der Waals surface area (Å²) < 4.78 is 6.02. The molecule has 7 heteroatoms. The van der Waals surface area contributed by atoms with Crippen LogP contribution in [0.15, 0.2) is 72.8 Å². The largest absolute Gasteiger partial charge is 0.394 e. The molecule has 4 rings (SSSR count). The lowest BCUT2D eigenvalue weighted by molar-refractivity contribution is -0.165. The van der Waals surface area contributed by atoms with E-state index < -0.39 is 18.2 Å². The molecule has 0 unspecified atom stereocenters. The van der Waals surface area contributed by atoms with Crippen molar-refractivity contribution in [2.75, 3.05) is 13.2 Å². The van der Waals surface area contributed by atoms with E-state index in [1.165, 1.54) is 0 Å². The number of aliphatic hydroxyl groups is 1. The predicted octanol–water partition coefficient (Wildman–Crippen LogP) is 6.02. The van der Waals surface area contributed by atoms with Crippen molar-refractivity contribution in [2.45, 2.75) is 18.2 Å². The number of aliphatic hydroxyl groups excluding tert-OH is 1. The molecule has 31 heavy (non-hydrogen) atoms. The first-order valence-electron chi connectivity index (χ1n) is 9.78. The minimum Gasteiger partial charge on any atom is -0.394 e. The summed E-state index contributed by atoms with van der Waals surface area (Å²) in [5.41, 5.74) is 2.52. The van der Waals surface area contributed by atoms with E-state index in [1.807, 2.05) is 36.4 Å². The number of benzene rings is 3. The molecule has 0 radical (unpaired) electrons. The quantitative estimate of drug-likeness (QED) is 0.490. The Kier molecular flexibility index (Phi) is 6.85. The zero-order chi connectivity index (χ0) is 22.0. The van der Waals surface area contributed by atoms with E-state index in [1.54, 1.807) is 41.3 Å². The molecule has 4 nitrogen and oxygen atoms in total. The maximum atomic E-state index is 13.1. The Bertz CT molecular complexity index is 1040. The van der Waals surface area contributed by atoms with Gasteiger partial charge < -0.3 is 14.7 Å². The van der Waals surface area contributed by atoms with Crippen LogP contribution < -0.4 is 0 Å². The number of halogens is 3. The molecular formula is C24H20Cl3NO3. The van der Waals surface area contributed by atoms with Crippen LogP contribution in [-0.4, -0.2) is 29.1 Å². The van der Waals surface area contributed by atoms with Gasteiger partial charge in [0.1, 0.15) is 12.7 Å². The number of carbonyl (C=O) groups is 1. The second-order valence-electron chi connectivity index (χ2n) is 7.33. The molecule has 1 aliphatic rings. The molecule has 1 N–H and O–H groups in total. The molecule has 1 aliphatic heterocycles. The number of ether oxygens (including phenoxy) is 1. The van der Waals surface area contributed by atoms with Crippen molar-refractivity contribution in [3.63, 3.8) is 0 Å². The summed E-state index contributed by atoms with van der Waals surface area (Å²) in [4.78, 5) is 14.8. The zero-order valence-electron chi connectivity index (χ0n) is 16.4. The monoisotopic (exact) mass is 475 g/mol. The Hall–Kier alpha value is -2.08. The fourth-order valence-electron chi connectivity index (χ4n) is 3.96. The Labute approximate surface area is 195 Å². The molecular weight excluding hydrogens is 457 g/mol. The number of morpholine rings is 1. The number of carbonyl (C=O) groups excluding carboxylic acids is 1. The average Bonchev–Trinajstić information content (AvgIpc) is 2.78. The summed E-state index contributed by atoms with van der Waals surface area (Å²) in [6, 6.07) is 20.8. The van der Waals surface area contributed by atoms with E-state index in [0.29, 0.717) is 15.1 Å². The lowest BCUT2D eigenvalue weighted by atomic mass is 9.90. The number of hydrogen-bond donors (Lipinski definition) is 1. The fraction of sp³-hybridized carbons (Fsp3) is 0.208.